The molecule has 0 amide bonds. The van der Waals surface area contributed by atoms with E-state index in [0.717, 1.165) is 22.7 Å². The van der Waals surface area contributed by atoms with Gasteiger partial charge in [-0.25, -0.2) is 0 Å². The van der Waals surface area contributed by atoms with Crippen LogP contribution in [0.3, 0.4) is 0 Å². The highest BCUT2D eigenvalue weighted by Crippen LogP contribution is 2.31. The zero-order valence-electron chi connectivity index (χ0n) is 18.5. The summed E-state index contributed by atoms with van der Waals surface area (Å²) in [6, 6.07) is 40.9. The molecule has 7 aromatic rings. The minimum atomic E-state index is 1.04. The summed E-state index contributed by atoms with van der Waals surface area (Å²) in [5, 5.41) is 11.1. The molecule has 2 aromatic heterocycles. The van der Waals surface area contributed by atoms with Gasteiger partial charge in [-0.1, -0.05) is 78.9 Å². The average Bonchev–Trinajstić information content (AvgIpc) is 3.27. The van der Waals surface area contributed by atoms with Crippen LogP contribution in [0.5, 0.6) is 0 Å². The number of rotatable bonds is 3. The molecular formula is C31H22N3+. The lowest BCUT2D eigenvalue weighted by molar-refractivity contribution is -0.510. The summed E-state index contributed by atoms with van der Waals surface area (Å²) in [4.78, 5) is 0. The number of benzene rings is 5. The maximum Gasteiger partial charge on any atom is 0.255 e. The predicted octanol–water partition coefficient (Wildman–Crippen LogP) is 7.42. The zero-order chi connectivity index (χ0) is 22.5. The second-order valence-corrected chi connectivity index (χ2v) is 8.71. The van der Waals surface area contributed by atoms with Gasteiger partial charge in [0, 0.05) is 11.1 Å². The fourth-order valence-corrected chi connectivity index (χ4v) is 4.92. The Hall–Kier alpha value is -4.63. The molecule has 3 heteroatoms. The molecule has 3 nitrogen and oxygen atoms in total. The van der Waals surface area contributed by atoms with Crippen molar-refractivity contribution in [3.8, 4) is 5.69 Å². The molecular weight excluding hydrogens is 414 g/mol. The summed E-state index contributed by atoms with van der Waals surface area (Å²) >= 11 is 0. The van der Waals surface area contributed by atoms with Crippen LogP contribution >= 0.6 is 0 Å². The molecule has 1 N–H and O–H groups in total. The third kappa shape index (κ3) is 3.02. The van der Waals surface area contributed by atoms with E-state index in [0.29, 0.717) is 0 Å². The molecule has 0 unspecified atom stereocenters. The molecule has 0 aliphatic heterocycles. The summed E-state index contributed by atoms with van der Waals surface area (Å²) in [7, 11) is 0. The van der Waals surface area contributed by atoms with E-state index in [9.17, 15) is 0 Å². The second-order valence-electron chi connectivity index (χ2n) is 8.71. The fourth-order valence-electron chi connectivity index (χ4n) is 4.92. The van der Waals surface area contributed by atoms with E-state index >= 15 is 0 Å². The molecule has 2 heterocycles. The molecule has 0 radical (unpaired) electrons. The Labute approximate surface area is 197 Å². The number of hydrogen-bond acceptors (Lipinski definition) is 1. The Kier molecular flexibility index (Phi) is 4.15. The third-order valence-electron chi connectivity index (χ3n) is 6.62. The van der Waals surface area contributed by atoms with Crippen LogP contribution in [0.1, 0.15) is 0 Å². The van der Waals surface area contributed by atoms with Gasteiger partial charge in [0.15, 0.2) is 0 Å². The molecule has 34 heavy (non-hydrogen) atoms. The van der Waals surface area contributed by atoms with Crippen molar-refractivity contribution in [3.05, 3.63) is 128 Å². The van der Waals surface area contributed by atoms with Crippen LogP contribution in [0.15, 0.2) is 128 Å². The average molecular weight is 437 g/mol. The van der Waals surface area contributed by atoms with Gasteiger partial charge in [0.1, 0.15) is 5.69 Å². The fraction of sp³-hybridized carbons (Fsp3) is 0. The van der Waals surface area contributed by atoms with E-state index < -0.39 is 0 Å². The van der Waals surface area contributed by atoms with Gasteiger partial charge in [0.25, 0.3) is 12.1 Å². The van der Waals surface area contributed by atoms with Crippen LogP contribution < -0.4 is 9.72 Å². The Morgan fingerprint density at radius 1 is 0.559 bits per heavy atom. The Morgan fingerprint density at radius 3 is 2.00 bits per heavy atom. The van der Waals surface area contributed by atoms with E-state index in [1.807, 2.05) is 0 Å². The van der Waals surface area contributed by atoms with Gasteiger partial charge in [-0.15, -0.1) is 0 Å². The van der Waals surface area contributed by atoms with Gasteiger partial charge in [-0.2, -0.15) is 8.97 Å². The molecule has 0 saturated carbocycles. The highest BCUT2D eigenvalue weighted by molar-refractivity contribution is 6.00. The van der Waals surface area contributed by atoms with Crippen LogP contribution in [0.2, 0.25) is 0 Å². The van der Waals surface area contributed by atoms with Crippen LogP contribution in [-0.4, -0.2) is 4.57 Å². The van der Waals surface area contributed by atoms with Gasteiger partial charge in [0.2, 0.25) is 5.52 Å². The molecule has 0 bridgehead atoms. The van der Waals surface area contributed by atoms with Gasteiger partial charge >= 0.3 is 0 Å². The first-order valence-corrected chi connectivity index (χ1v) is 11.5. The Balaban J connectivity index is 1.49. The Bertz CT molecular complexity index is 1850. The second kappa shape index (κ2) is 7.46. The van der Waals surface area contributed by atoms with E-state index in [4.69, 9.17) is 0 Å². The predicted molar refractivity (Wildman–Crippen MR) is 141 cm³/mol. The quantitative estimate of drug-likeness (QED) is 0.286. The number of hydrogen-bond donors (Lipinski definition) is 1. The number of nitrogens with zero attached hydrogens (tertiary/aromatic N) is 2. The molecule has 0 atom stereocenters. The van der Waals surface area contributed by atoms with Crippen molar-refractivity contribution in [1.29, 1.82) is 0 Å². The van der Waals surface area contributed by atoms with Crippen molar-refractivity contribution in [1.82, 2.24) is 4.57 Å². The van der Waals surface area contributed by atoms with Gasteiger partial charge in [-0.3, -0.25) is 0 Å². The van der Waals surface area contributed by atoms with E-state index in [1.165, 1.54) is 32.3 Å². The minimum Gasteiger partial charge on any atom is -0.319 e. The molecule has 0 saturated heterocycles. The number of pyridine rings is 1. The van der Waals surface area contributed by atoms with Gasteiger partial charge in [-0.05, 0) is 63.3 Å². The minimum absolute atomic E-state index is 1.04. The number of nitrogens with one attached hydrogen (secondary N) is 1. The van der Waals surface area contributed by atoms with Crippen molar-refractivity contribution in [3.63, 3.8) is 0 Å². The van der Waals surface area contributed by atoms with Crippen LogP contribution in [-0.2, 0) is 0 Å². The van der Waals surface area contributed by atoms with E-state index in [-0.39, 0.29) is 0 Å². The topological polar surface area (TPSA) is 21.1 Å². The summed E-state index contributed by atoms with van der Waals surface area (Å²) in [5.41, 5.74) is 3.34. The van der Waals surface area contributed by atoms with E-state index in [1.54, 1.807) is 0 Å². The molecule has 0 aliphatic rings. The van der Waals surface area contributed by atoms with Crippen molar-refractivity contribution in [2.75, 3.05) is 5.32 Å². The van der Waals surface area contributed by atoms with Gasteiger partial charge in [0.05, 0.1) is 6.20 Å². The standard InChI is InChI=1S/C31H22N3/c1-3-10-25-19-27(15-13-22(25)7-1)32-31-30-29-12-6-5-9-24(29)17-18-33(30)21-34(31)28-16-14-23-8-2-4-11-26(23)20-28/h1-21,32H/q+1. The highest BCUT2D eigenvalue weighted by atomic mass is 15.2. The summed E-state index contributed by atoms with van der Waals surface area (Å²) in [5.74, 6) is 1.04. The maximum atomic E-state index is 3.77. The summed E-state index contributed by atoms with van der Waals surface area (Å²) in [6.07, 6.45) is 4.30. The van der Waals surface area contributed by atoms with E-state index in [2.05, 4.69) is 142 Å². The molecule has 160 valence electrons. The van der Waals surface area contributed by atoms with Crippen LogP contribution in [0.25, 0.3) is 43.5 Å². The van der Waals surface area contributed by atoms with Crippen LogP contribution in [0, 0.1) is 0 Å². The molecule has 0 aliphatic carbocycles. The SMILES string of the molecule is c1ccc2cc(Nc3c4c5ccccc5cc[n+]4cn3-c3ccc4ccccc4c3)ccc2c1. The highest BCUT2D eigenvalue weighted by Gasteiger charge is 2.22. The van der Waals surface area contributed by atoms with Crippen molar-refractivity contribution in [2.24, 2.45) is 0 Å². The van der Waals surface area contributed by atoms with Gasteiger partial charge < -0.3 is 5.32 Å². The molecule has 5 aromatic carbocycles. The smallest absolute Gasteiger partial charge is 0.255 e. The molecule has 0 spiro atoms. The largest absolute Gasteiger partial charge is 0.319 e. The number of fused-ring (bicyclic) bond motifs is 5. The third-order valence-corrected chi connectivity index (χ3v) is 6.62. The normalized spacial score (nSPS) is 11.5. The van der Waals surface area contributed by atoms with Crippen molar-refractivity contribution < 1.29 is 4.40 Å². The number of aromatic nitrogens is 2. The first-order valence-electron chi connectivity index (χ1n) is 11.5. The summed E-state index contributed by atoms with van der Waals surface area (Å²) in [6.45, 7) is 0. The lowest BCUT2D eigenvalue weighted by atomic mass is 10.1. The first kappa shape index (κ1) is 18.9. The first-order chi connectivity index (χ1) is 16.8. The van der Waals surface area contributed by atoms with Crippen molar-refractivity contribution in [2.45, 2.75) is 0 Å². The number of anilines is 2. The lowest BCUT2D eigenvalue weighted by Gasteiger charge is -2.08. The molecule has 0 fully saturated rings. The molecule has 7 rings (SSSR count). The maximum absolute atomic E-state index is 3.77. The summed E-state index contributed by atoms with van der Waals surface area (Å²) < 4.78 is 4.46. The van der Waals surface area contributed by atoms with Crippen molar-refractivity contribution >= 4 is 49.3 Å². The van der Waals surface area contributed by atoms with Crippen LogP contribution in [0.4, 0.5) is 11.5 Å². The lowest BCUT2D eigenvalue weighted by Crippen LogP contribution is -2.17. The number of imidazole rings is 1. The zero-order valence-corrected chi connectivity index (χ0v) is 18.5. The Morgan fingerprint density at radius 2 is 1.21 bits per heavy atom. The monoisotopic (exact) mass is 436 g/mol.